The molecule has 2 rings (SSSR count). The normalized spacial score (nSPS) is 19.5. The molecule has 0 aliphatic carbocycles. The summed E-state index contributed by atoms with van der Waals surface area (Å²) < 4.78 is 0. The molecule has 138 valence electrons. The van der Waals surface area contributed by atoms with Crippen molar-refractivity contribution < 1.29 is 29.5 Å². The van der Waals surface area contributed by atoms with Gasteiger partial charge in [-0.05, 0) is 12.5 Å². The van der Waals surface area contributed by atoms with E-state index in [-0.39, 0.29) is 22.5 Å². The van der Waals surface area contributed by atoms with Crippen molar-refractivity contribution in [3.05, 3.63) is 51.2 Å². The second-order valence-electron chi connectivity index (χ2n) is 5.54. The molecule has 1 aromatic rings. The van der Waals surface area contributed by atoms with Crippen LogP contribution < -0.4 is 10.6 Å². The van der Waals surface area contributed by atoms with Crippen molar-refractivity contribution >= 4 is 23.7 Å². The van der Waals surface area contributed by atoms with Crippen LogP contribution in [0.15, 0.2) is 35.5 Å². The fourth-order valence-electron chi connectivity index (χ4n) is 2.78. The molecule has 0 radical (unpaired) electrons. The number of nitrogens with one attached hydrogen (secondary N) is 2. The molecule has 0 spiro atoms. The first-order valence-electron chi connectivity index (χ1n) is 7.36. The summed E-state index contributed by atoms with van der Waals surface area (Å²) in [5, 5.41) is 35.2. The van der Waals surface area contributed by atoms with Crippen molar-refractivity contribution in [1.29, 1.82) is 0 Å². The first-order chi connectivity index (χ1) is 12.1. The van der Waals surface area contributed by atoms with Crippen molar-refractivity contribution in [2.75, 3.05) is 0 Å². The molecule has 1 aliphatic rings. The second-order valence-corrected chi connectivity index (χ2v) is 5.54. The lowest BCUT2D eigenvalue weighted by Crippen LogP contribution is -2.61. The van der Waals surface area contributed by atoms with E-state index in [1.807, 2.05) is 0 Å². The highest BCUT2D eigenvalue weighted by molar-refractivity contribution is 5.90. The standard InChI is InChI=1S/C15H16N4O7/c1-7-11(13(21)22)12(9-4-3-5-10(6-9)19(25)26)18(15(23)24)14(16-7)17-8(2)20/h3-6,12,14,16H,1-2H3,(H,17,20)(H,21,22)(H,23,24). The van der Waals surface area contributed by atoms with Crippen molar-refractivity contribution in [1.82, 2.24) is 15.5 Å². The first-order valence-corrected chi connectivity index (χ1v) is 7.36. The van der Waals surface area contributed by atoms with Crippen LogP contribution in [0.4, 0.5) is 10.5 Å². The number of carboxylic acids is 1. The lowest BCUT2D eigenvalue weighted by molar-refractivity contribution is -0.385. The zero-order valence-electron chi connectivity index (χ0n) is 13.8. The van der Waals surface area contributed by atoms with Gasteiger partial charge in [-0.25, -0.2) is 9.59 Å². The Morgan fingerprint density at radius 1 is 1.31 bits per heavy atom. The van der Waals surface area contributed by atoms with E-state index in [1.54, 1.807) is 0 Å². The van der Waals surface area contributed by atoms with Crippen molar-refractivity contribution in [3.8, 4) is 0 Å². The molecule has 2 unspecified atom stereocenters. The number of carboxylic acid groups (broad SMARTS) is 2. The largest absolute Gasteiger partial charge is 0.478 e. The van der Waals surface area contributed by atoms with Gasteiger partial charge in [-0.3, -0.25) is 19.8 Å². The lowest BCUT2D eigenvalue weighted by atomic mass is 9.93. The summed E-state index contributed by atoms with van der Waals surface area (Å²) >= 11 is 0. The van der Waals surface area contributed by atoms with Gasteiger partial charge in [-0.15, -0.1) is 0 Å². The van der Waals surface area contributed by atoms with E-state index >= 15 is 0 Å². The number of benzene rings is 1. The minimum Gasteiger partial charge on any atom is -0.478 e. The molecule has 11 nitrogen and oxygen atoms in total. The third kappa shape index (κ3) is 3.55. The number of carbonyl (C=O) groups excluding carboxylic acids is 1. The molecule has 1 aliphatic heterocycles. The third-order valence-corrected chi connectivity index (χ3v) is 3.78. The summed E-state index contributed by atoms with van der Waals surface area (Å²) in [6.07, 6.45) is -2.75. The Morgan fingerprint density at radius 2 is 1.96 bits per heavy atom. The van der Waals surface area contributed by atoms with E-state index in [0.29, 0.717) is 4.90 Å². The minimum atomic E-state index is -1.51. The zero-order chi connectivity index (χ0) is 19.6. The van der Waals surface area contributed by atoms with Crippen LogP contribution >= 0.6 is 0 Å². The molecule has 2 atom stereocenters. The molecule has 0 saturated carbocycles. The van der Waals surface area contributed by atoms with E-state index in [1.165, 1.54) is 32.0 Å². The Hall–Kier alpha value is -3.63. The number of hydrogen-bond acceptors (Lipinski definition) is 6. The quantitative estimate of drug-likeness (QED) is 0.454. The number of aliphatic carboxylic acids is 1. The van der Waals surface area contributed by atoms with Gasteiger partial charge in [0.1, 0.15) is 0 Å². The number of nitro groups is 1. The van der Waals surface area contributed by atoms with Gasteiger partial charge in [0.25, 0.3) is 5.69 Å². The number of rotatable bonds is 4. The van der Waals surface area contributed by atoms with Gasteiger partial charge in [0, 0.05) is 24.8 Å². The van der Waals surface area contributed by atoms with Crippen molar-refractivity contribution in [2.45, 2.75) is 26.2 Å². The Balaban J connectivity index is 2.68. The molecule has 1 aromatic carbocycles. The highest BCUT2D eigenvalue weighted by Gasteiger charge is 2.42. The second kappa shape index (κ2) is 7.09. The van der Waals surface area contributed by atoms with Crippen LogP contribution in [0.25, 0.3) is 0 Å². The number of hydrogen-bond donors (Lipinski definition) is 4. The van der Waals surface area contributed by atoms with Crippen LogP contribution in [0, 0.1) is 10.1 Å². The minimum absolute atomic E-state index is 0.0928. The average Bonchev–Trinajstić information content (AvgIpc) is 2.52. The molecule has 4 N–H and O–H groups in total. The summed E-state index contributed by atoms with van der Waals surface area (Å²) in [7, 11) is 0. The highest BCUT2D eigenvalue weighted by atomic mass is 16.6. The molecular weight excluding hydrogens is 348 g/mol. The molecule has 26 heavy (non-hydrogen) atoms. The lowest BCUT2D eigenvalue weighted by Gasteiger charge is -2.41. The average molecular weight is 364 g/mol. The monoisotopic (exact) mass is 364 g/mol. The predicted molar refractivity (Wildman–Crippen MR) is 86.8 cm³/mol. The maximum atomic E-state index is 11.8. The smallest absolute Gasteiger partial charge is 0.411 e. The molecule has 0 fully saturated rings. The summed E-state index contributed by atoms with van der Waals surface area (Å²) in [4.78, 5) is 46.0. The third-order valence-electron chi connectivity index (χ3n) is 3.78. The summed E-state index contributed by atoms with van der Waals surface area (Å²) in [6, 6.07) is 3.67. The van der Waals surface area contributed by atoms with Crippen LogP contribution in [0.2, 0.25) is 0 Å². The van der Waals surface area contributed by atoms with Crippen molar-refractivity contribution in [3.63, 3.8) is 0 Å². The summed E-state index contributed by atoms with van der Waals surface area (Å²) in [5.74, 6) is -1.93. The van der Waals surface area contributed by atoms with E-state index in [2.05, 4.69) is 10.6 Å². The van der Waals surface area contributed by atoms with Crippen molar-refractivity contribution in [2.24, 2.45) is 0 Å². The van der Waals surface area contributed by atoms with Gasteiger partial charge < -0.3 is 20.8 Å². The zero-order valence-corrected chi connectivity index (χ0v) is 13.8. The van der Waals surface area contributed by atoms with E-state index < -0.39 is 35.2 Å². The Morgan fingerprint density at radius 3 is 2.46 bits per heavy atom. The van der Waals surface area contributed by atoms with Gasteiger partial charge in [-0.2, -0.15) is 0 Å². The molecule has 0 bridgehead atoms. The van der Waals surface area contributed by atoms with Crippen LogP contribution in [0.1, 0.15) is 25.5 Å². The van der Waals surface area contributed by atoms with Crippen LogP contribution in [0.5, 0.6) is 0 Å². The maximum Gasteiger partial charge on any atom is 0.411 e. The first kappa shape index (κ1) is 18.7. The van der Waals surface area contributed by atoms with Crippen LogP contribution in [-0.4, -0.2) is 44.3 Å². The van der Waals surface area contributed by atoms with Gasteiger partial charge in [0.05, 0.1) is 16.5 Å². The fourth-order valence-corrected chi connectivity index (χ4v) is 2.78. The maximum absolute atomic E-state index is 11.8. The molecule has 0 saturated heterocycles. The predicted octanol–water partition coefficient (Wildman–Crippen LogP) is 0.997. The van der Waals surface area contributed by atoms with Crippen LogP contribution in [0.3, 0.4) is 0 Å². The number of carbonyl (C=O) groups is 3. The number of amides is 2. The van der Waals surface area contributed by atoms with E-state index in [0.717, 1.165) is 6.07 Å². The summed E-state index contributed by atoms with van der Waals surface area (Å²) in [6.45, 7) is 2.59. The highest BCUT2D eigenvalue weighted by Crippen LogP contribution is 2.35. The summed E-state index contributed by atoms with van der Waals surface area (Å²) in [5.41, 5.74) is -0.389. The molecule has 1 heterocycles. The molecule has 0 aromatic heterocycles. The molecular formula is C15H16N4O7. The Labute approximate surface area is 147 Å². The van der Waals surface area contributed by atoms with Gasteiger partial charge in [0.2, 0.25) is 5.91 Å². The molecule has 2 amide bonds. The number of non-ortho nitro benzene ring substituents is 1. The SMILES string of the molecule is CC(=O)NC1NC(C)=C(C(=O)O)C(c2cccc([N+](=O)[O-])c2)N1C(=O)O. The fraction of sp³-hybridized carbons (Fsp3) is 0.267. The Bertz CT molecular complexity index is 820. The van der Waals surface area contributed by atoms with E-state index in [4.69, 9.17) is 0 Å². The topological polar surface area (TPSA) is 162 Å². The number of allylic oxidation sites excluding steroid dienone is 1. The molecule has 11 heteroatoms. The van der Waals surface area contributed by atoms with Gasteiger partial charge in [-0.1, -0.05) is 12.1 Å². The van der Waals surface area contributed by atoms with Gasteiger partial charge >= 0.3 is 12.1 Å². The van der Waals surface area contributed by atoms with Gasteiger partial charge in [0.15, 0.2) is 6.29 Å². The number of nitro benzene ring substituents is 1. The van der Waals surface area contributed by atoms with Crippen LogP contribution in [-0.2, 0) is 9.59 Å². The number of nitrogens with zero attached hydrogens (tertiary/aromatic N) is 2. The van der Waals surface area contributed by atoms with E-state index in [9.17, 15) is 34.7 Å². The Kier molecular flexibility index (Phi) is 5.10.